The molecule has 0 amide bonds. The molecule has 294 valence electrons. The van der Waals surface area contributed by atoms with Crippen molar-refractivity contribution in [3.8, 4) is 0 Å². The summed E-state index contributed by atoms with van der Waals surface area (Å²) in [4.78, 5) is 36.8. The molecule has 0 rings (SSSR count). The zero-order valence-corrected chi connectivity index (χ0v) is 33.4. The number of phosphoric ester groups is 1. The Labute approximate surface area is 311 Å². The van der Waals surface area contributed by atoms with Gasteiger partial charge in [0.25, 0.3) is 0 Å². The monoisotopic (exact) mass is 737 g/mol. The van der Waals surface area contributed by atoms with Gasteiger partial charge in [-0.2, -0.15) is 0 Å². The summed E-state index contributed by atoms with van der Waals surface area (Å²) >= 11 is 0. The lowest BCUT2D eigenvalue weighted by Gasteiger charge is -2.20. The molecule has 2 atom stereocenters. The zero-order chi connectivity index (χ0) is 37.7. The van der Waals surface area contributed by atoms with Crippen molar-refractivity contribution in [3.05, 3.63) is 60.8 Å². The van der Waals surface area contributed by atoms with Crippen molar-refractivity contribution >= 4 is 19.8 Å². The number of rotatable bonds is 35. The quantitative estimate of drug-likeness (QED) is 0.0294. The van der Waals surface area contributed by atoms with Gasteiger partial charge in [-0.3, -0.25) is 18.6 Å². The molecule has 9 nitrogen and oxygen atoms in total. The second kappa shape index (κ2) is 36.1. The maximum atomic E-state index is 12.6. The number of esters is 2. The van der Waals surface area contributed by atoms with Gasteiger partial charge in [-0.05, 0) is 65.5 Å². The van der Waals surface area contributed by atoms with Crippen molar-refractivity contribution in [2.75, 3.05) is 40.5 Å². The average molecular weight is 738 g/mol. The Morgan fingerprint density at radius 1 is 0.627 bits per heavy atom. The number of nitrogens with zero attached hydrogens (tertiary/aromatic N) is 1. The summed E-state index contributed by atoms with van der Waals surface area (Å²) in [6.45, 7) is 4.11. The van der Waals surface area contributed by atoms with Crippen molar-refractivity contribution in [1.82, 2.24) is 4.90 Å². The summed E-state index contributed by atoms with van der Waals surface area (Å²) in [5, 5.41) is 0. The number of likely N-dealkylation sites (N-methyl/N-ethyl adjacent to an activating group) is 1. The molecule has 0 aromatic rings. The van der Waals surface area contributed by atoms with Gasteiger partial charge in [0, 0.05) is 19.4 Å². The van der Waals surface area contributed by atoms with Crippen LogP contribution in [-0.4, -0.2) is 68.3 Å². The molecule has 0 heterocycles. The Bertz CT molecular complexity index is 1040. The summed E-state index contributed by atoms with van der Waals surface area (Å²) in [7, 11) is -0.738. The molecule has 0 aliphatic carbocycles. The fraction of sp³-hybridized carbons (Fsp3) is 0.707. The Kier molecular flexibility index (Phi) is 34.5. The maximum Gasteiger partial charge on any atom is 0.472 e. The van der Waals surface area contributed by atoms with Crippen molar-refractivity contribution in [2.45, 2.75) is 148 Å². The Morgan fingerprint density at radius 3 is 1.65 bits per heavy atom. The molecule has 0 aromatic carbocycles. The molecule has 0 spiro atoms. The van der Waals surface area contributed by atoms with E-state index in [1.807, 2.05) is 20.2 Å². The fourth-order valence-corrected chi connectivity index (χ4v) is 5.58. The predicted octanol–water partition coefficient (Wildman–Crippen LogP) is 10.8. The molecule has 0 radical (unpaired) electrons. The van der Waals surface area contributed by atoms with E-state index in [2.05, 4.69) is 68.5 Å². The SMILES string of the molecule is CC/C=C\C/C=C\C/C=C\C/C=C\C/C=C\CCCC(=O)OCC(COP(=O)(O)OCCN(C)C)OC(=O)CCCCCCCCCCCCC. The molecular formula is C41H72NO8P. The lowest BCUT2D eigenvalue weighted by molar-refractivity contribution is -0.161. The fourth-order valence-electron chi connectivity index (χ4n) is 4.84. The van der Waals surface area contributed by atoms with Crippen LogP contribution in [0.4, 0.5) is 0 Å². The van der Waals surface area contributed by atoms with E-state index in [-0.39, 0.29) is 26.1 Å². The first-order chi connectivity index (χ1) is 24.7. The Morgan fingerprint density at radius 2 is 1.12 bits per heavy atom. The summed E-state index contributed by atoms with van der Waals surface area (Å²) in [6, 6.07) is 0. The van der Waals surface area contributed by atoms with Crippen LogP contribution in [0.25, 0.3) is 0 Å². The van der Waals surface area contributed by atoms with Gasteiger partial charge >= 0.3 is 19.8 Å². The molecule has 0 aliphatic heterocycles. The van der Waals surface area contributed by atoms with Crippen LogP contribution in [0.2, 0.25) is 0 Å². The topological polar surface area (TPSA) is 112 Å². The number of carbonyl (C=O) groups is 2. The van der Waals surface area contributed by atoms with Gasteiger partial charge in [-0.1, -0.05) is 139 Å². The number of hydrogen-bond donors (Lipinski definition) is 1. The van der Waals surface area contributed by atoms with Crippen molar-refractivity contribution in [1.29, 1.82) is 0 Å². The summed E-state index contributed by atoms with van der Waals surface area (Å²) in [5.41, 5.74) is 0. The van der Waals surface area contributed by atoms with Gasteiger partial charge < -0.3 is 19.3 Å². The maximum absolute atomic E-state index is 12.6. The third-order valence-corrected chi connectivity index (χ3v) is 8.82. The van der Waals surface area contributed by atoms with Crippen LogP contribution in [0.3, 0.4) is 0 Å². The van der Waals surface area contributed by atoms with Gasteiger partial charge in [-0.25, -0.2) is 4.57 Å². The predicted molar refractivity (Wildman–Crippen MR) is 211 cm³/mol. The summed E-state index contributed by atoms with van der Waals surface area (Å²) in [5.74, 6) is -0.876. The van der Waals surface area contributed by atoms with Crippen LogP contribution < -0.4 is 0 Å². The van der Waals surface area contributed by atoms with Crippen LogP contribution in [-0.2, 0) is 32.7 Å². The number of carbonyl (C=O) groups excluding carboxylic acids is 2. The van der Waals surface area contributed by atoms with Crippen LogP contribution in [0, 0.1) is 0 Å². The highest BCUT2D eigenvalue weighted by atomic mass is 31.2. The highest BCUT2D eigenvalue weighted by Gasteiger charge is 2.26. The lowest BCUT2D eigenvalue weighted by Crippen LogP contribution is -2.29. The first-order valence-electron chi connectivity index (χ1n) is 19.6. The smallest absolute Gasteiger partial charge is 0.462 e. The van der Waals surface area contributed by atoms with E-state index < -0.39 is 32.5 Å². The Hall–Kier alpha value is -2.29. The molecule has 2 unspecified atom stereocenters. The second-order valence-electron chi connectivity index (χ2n) is 13.1. The van der Waals surface area contributed by atoms with E-state index in [4.69, 9.17) is 18.5 Å². The highest BCUT2D eigenvalue weighted by Crippen LogP contribution is 2.43. The third kappa shape index (κ3) is 37.3. The zero-order valence-electron chi connectivity index (χ0n) is 32.5. The van der Waals surface area contributed by atoms with E-state index in [9.17, 15) is 19.0 Å². The van der Waals surface area contributed by atoms with Crippen LogP contribution in [0.5, 0.6) is 0 Å². The molecule has 0 saturated carbocycles. The van der Waals surface area contributed by atoms with Crippen LogP contribution >= 0.6 is 7.82 Å². The lowest BCUT2D eigenvalue weighted by atomic mass is 10.1. The van der Waals surface area contributed by atoms with Gasteiger partial charge in [-0.15, -0.1) is 0 Å². The minimum atomic E-state index is -4.37. The van der Waals surface area contributed by atoms with Gasteiger partial charge in [0.2, 0.25) is 0 Å². The van der Waals surface area contributed by atoms with Gasteiger partial charge in [0.1, 0.15) is 6.61 Å². The second-order valence-corrected chi connectivity index (χ2v) is 14.5. The number of phosphoric acid groups is 1. The summed E-state index contributed by atoms with van der Waals surface area (Å²) < 4.78 is 33.3. The van der Waals surface area contributed by atoms with Crippen LogP contribution in [0.1, 0.15) is 142 Å². The third-order valence-electron chi connectivity index (χ3n) is 7.84. The van der Waals surface area contributed by atoms with Gasteiger partial charge in [0.05, 0.1) is 13.2 Å². The molecule has 0 aliphatic rings. The van der Waals surface area contributed by atoms with Crippen molar-refractivity contribution in [3.63, 3.8) is 0 Å². The molecule has 1 N–H and O–H groups in total. The summed E-state index contributed by atoms with van der Waals surface area (Å²) in [6.07, 6.45) is 39.9. The van der Waals surface area contributed by atoms with Gasteiger partial charge in [0.15, 0.2) is 6.10 Å². The molecular weight excluding hydrogens is 665 g/mol. The number of hydrogen-bond acceptors (Lipinski definition) is 8. The van der Waals surface area contributed by atoms with Crippen molar-refractivity contribution in [2.24, 2.45) is 0 Å². The minimum absolute atomic E-state index is 0.00301. The Balaban J connectivity index is 4.44. The number of allylic oxidation sites excluding steroid dienone is 10. The van der Waals surface area contributed by atoms with Crippen LogP contribution in [0.15, 0.2) is 60.8 Å². The molecule has 51 heavy (non-hydrogen) atoms. The normalized spacial score (nSPS) is 14.2. The van der Waals surface area contributed by atoms with E-state index in [1.165, 1.54) is 44.9 Å². The minimum Gasteiger partial charge on any atom is -0.462 e. The van der Waals surface area contributed by atoms with Crippen molar-refractivity contribution < 1.29 is 37.6 Å². The van der Waals surface area contributed by atoms with E-state index in [1.54, 1.807) is 4.90 Å². The van der Waals surface area contributed by atoms with E-state index in [0.29, 0.717) is 19.4 Å². The standard InChI is InChI=1S/C41H72NO8P/c1-5-7-9-11-13-15-17-18-19-20-21-22-24-25-27-29-31-33-40(43)47-37-39(38-49-51(45,46)48-36-35-42(3)4)50-41(44)34-32-30-28-26-23-16-14-12-10-8-6-2/h7,9,13,15,18-19,21-22,25,27,39H,5-6,8,10-12,14,16-17,20,23-24,26,28-38H2,1-4H3,(H,45,46)/b9-7-,15-13-,19-18-,22-21-,27-25-. The molecule has 0 saturated heterocycles. The van der Waals surface area contributed by atoms with E-state index in [0.717, 1.165) is 57.8 Å². The first-order valence-corrected chi connectivity index (χ1v) is 21.1. The number of ether oxygens (including phenoxy) is 2. The largest absolute Gasteiger partial charge is 0.472 e. The molecule has 0 fully saturated rings. The van der Waals surface area contributed by atoms with E-state index >= 15 is 0 Å². The average Bonchev–Trinajstić information content (AvgIpc) is 3.09. The molecule has 10 heteroatoms. The first kappa shape index (κ1) is 48.7. The molecule has 0 aromatic heterocycles. The highest BCUT2D eigenvalue weighted by molar-refractivity contribution is 7.47. The molecule has 0 bridgehead atoms. The number of unbranched alkanes of at least 4 members (excludes halogenated alkanes) is 11.